The molecule has 1 heterocycles. The van der Waals surface area contributed by atoms with Crippen LogP contribution in [0.5, 0.6) is 0 Å². The zero-order valence-electron chi connectivity index (χ0n) is 13.8. The topological polar surface area (TPSA) is 53.0 Å². The van der Waals surface area contributed by atoms with Gasteiger partial charge in [-0.3, -0.25) is 4.99 Å². The van der Waals surface area contributed by atoms with Crippen LogP contribution in [0.15, 0.2) is 34.2 Å². The van der Waals surface area contributed by atoms with Gasteiger partial charge in [0.05, 0.1) is 18.0 Å². The van der Waals surface area contributed by atoms with Gasteiger partial charge >= 0.3 is 0 Å². The summed E-state index contributed by atoms with van der Waals surface area (Å²) in [6.45, 7) is 10.6. The normalized spacial score (nSPS) is 15.3. The Morgan fingerprint density at radius 3 is 2.27 bits per heavy atom. The molecule has 122 valence electrons. The van der Waals surface area contributed by atoms with Crippen LogP contribution in [0.25, 0.3) is 0 Å². The Morgan fingerprint density at radius 2 is 1.77 bits per heavy atom. The average molecular weight is 323 g/mol. The van der Waals surface area contributed by atoms with Crippen LogP contribution in [0.3, 0.4) is 0 Å². The van der Waals surface area contributed by atoms with E-state index in [2.05, 4.69) is 18.8 Å². The van der Waals surface area contributed by atoms with Crippen LogP contribution >= 0.6 is 0 Å². The van der Waals surface area contributed by atoms with Crippen molar-refractivity contribution < 1.29 is 8.42 Å². The molecule has 0 unspecified atom stereocenters. The second kappa shape index (κ2) is 6.69. The quantitative estimate of drug-likeness (QED) is 0.836. The van der Waals surface area contributed by atoms with E-state index in [1.807, 2.05) is 30.9 Å². The lowest BCUT2D eigenvalue weighted by Gasteiger charge is -2.28. The number of hydrogen-bond donors (Lipinski definition) is 0. The Balaban J connectivity index is 2.32. The van der Waals surface area contributed by atoms with Gasteiger partial charge < -0.3 is 4.90 Å². The number of aliphatic imine (C=N–C) groups is 1. The molecule has 1 aromatic carbocycles. The third-order valence-corrected chi connectivity index (χ3v) is 5.75. The fourth-order valence-corrected chi connectivity index (χ4v) is 4.01. The molecule has 6 heteroatoms. The van der Waals surface area contributed by atoms with E-state index in [4.69, 9.17) is 0 Å². The predicted octanol–water partition coefficient (Wildman–Crippen LogP) is 2.51. The molecule has 1 aliphatic rings. The lowest BCUT2D eigenvalue weighted by atomic mass is 10.0. The maximum atomic E-state index is 12.9. The highest BCUT2D eigenvalue weighted by Crippen LogP contribution is 2.22. The van der Waals surface area contributed by atoms with Gasteiger partial charge in [0.25, 0.3) is 10.0 Å². The lowest BCUT2D eigenvalue weighted by molar-refractivity contribution is 0.418. The second-order valence-electron chi connectivity index (χ2n) is 5.65. The molecule has 0 spiro atoms. The Kier molecular flexibility index (Phi) is 5.11. The smallest absolute Gasteiger partial charge is 0.266 e. The molecule has 22 heavy (non-hydrogen) atoms. The molecule has 0 amide bonds. The number of guanidine groups is 1. The number of nitrogens with zero attached hydrogens (tertiary/aromatic N) is 3. The monoisotopic (exact) mass is 323 g/mol. The van der Waals surface area contributed by atoms with Crippen LogP contribution in [-0.2, 0) is 10.0 Å². The highest BCUT2D eigenvalue weighted by molar-refractivity contribution is 7.89. The average Bonchev–Trinajstić information content (AvgIpc) is 2.99. The summed E-state index contributed by atoms with van der Waals surface area (Å²) < 4.78 is 27.2. The summed E-state index contributed by atoms with van der Waals surface area (Å²) in [6, 6.07) is 7.18. The Bertz CT molecular complexity index is 632. The first-order valence-corrected chi connectivity index (χ1v) is 9.27. The van der Waals surface area contributed by atoms with Gasteiger partial charge in [-0.25, -0.2) is 12.7 Å². The Morgan fingerprint density at radius 1 is 1.18 bits per heavy atom. The van der Waals surface area contributed by atoms with Gasteiger partial charge in [-0.15, -0.1) is 0 Å². The summed E-state index contributed by atoms with van der Waals surface area (Å²) in [4.78, 5) is 6.70. The van der Waals surface area contributed by atoms with Crippen molar-refractivity contribution in [2.45, 2.75) is 38.5 Å². The number of hydrogen-bond acceptors (Lipinski definition) is 4. The first-order chi connectivity index (χ1) is 10.4. The molecule has 0 saturated heterocycles. The van der Waals surface area contributed by atoms with E-state index in [0.29, 0.717) is 29.9 Å². The molecule has 0 radical (unpaired) electrons. The van der Waals surface area contributed by atoms with Crippen molar-refractivity contribution in [3.8, 4) is 0 Å². The standard InChI is InChI=1S/C16H25N3O2S/c1-5-18(6-2)16-17-11-12-19(16)22(20,21)15-9-7-14(8-10-15)13(3)4/h7-10,13H,5-6,11-12H2,1-4H3. The molecule has 0 fully saturated rings. The molecule has 1 aromatic rings. The largest absolute Gasteiger partial charge is 0.343 e. The Labute approximate surface area is 133 Å². The van der Waals surface area contributed by atoms with E-state index >= 15 is 0 Å². The molecule has 0 atom stereocenters. The van der Waals surface area contributed by atoms with E-state index in [0.717, 1.165) is 18.7 Å². The van der Waals surface area contributed by atoms with E-state index in [1.165, 1.54) is 4.31 Å². The summed E-state index contributed by atoms with van der Waals surface area (Å²) in [6.07, 6.45) is 0. The third kappa shape index (κ3) is 3.11. The van der Waals surface area contributed by atoms with Crippen molar-refractivity contribution in [3.63, 3.8) is 0 Å². The molecule has 0 saturated carbocycles. The van der Waals surface area contributed by atoms with Crippen molar-refractivity contribution in [2.24, 2.45) is 4.99 Å². The fraction of sp³-hybridized carbons (Fsp3) is 0.562. The van der Waals surface area contributed by atoms with Crippen molar-refractivity contribution in [2.75, 3.05) is 26.2 Å². The zero-order valence-corrected chi connectivity index (χ0v) is 14.6. The highest BCUT2D eigenvalue weighted by Gasteiger charge is 2.32. The predicted molar refractivity (Wildman–Crippen MR) is 89.6 cm³/mol. The van der Waals surface area contributed by atoms with E-state index in [1.54, 1.807) is 12.1 Å². The Hall–Kier alpha value is -1.56. The SMILES string of the molecule is CCN(CC)C1=NCCN1S(=O)(=O)c1ccc(C(C)C)cc1. The van der Waals surface area contributed by atoms with Gasteiger partial charge in [-0.2, -0.15) is 0 Å². The van der Waals surface area contributed by atoms with Gasteiger partial charge in [0.2, 0.25) is 5.96 Å². The van der Waals surface area contributed by atoms with Gasteiger partial charge in [-0.1, -0.05) is 26.0 Å². The third-order valence-electron chi connectivity index (χ3n) is 3.96. The molecule has 5 nitrogen and oxygen atoms in total. The molecule has 0 bridgehead atoms. The minimum Gasteiger partial charge on any atom is -0.343 e. The summed E-state index contributed by atoms with van der Waals surface area (Å²) >= 11 is 0. The van der Waals surface area contributed by atoms with Crippen molar-refractivity contribution >= 4 is 16.0 Å². The number of rotatable bonds is 5. The van der Waals surface area contributed by atoms with Crippen molar-refractivity contribution in [3.05, 3.63) is 29.8 Å². The van der Waals surface area contributed by atoms with Gasteiger partial charge in [0.1, 0.15) is 0 Å². The molecule has 1 aliphatic heterocycles. The minimum absolute atomic E-state index is 0.332. The van der Waals surface area contributed by atoms with Crippen molar-refractivity contribution in [1.82, 2.24) is 9.21 Å². The maximum Gasteiger partial charge on any atom is 0.266 e. The minimum atomic E-state index is -3.53. The molecule has 0 N–H and O–H groups in total. The fourth-order valence-electron chi connectivity index (χ4n) is 2.56. The molecular formula is C16H25N3O2S. The first-order valence-electron chi connectivity index (χ1n) is 7.83. The highest BCUT2D eigenvalue weighted by atomic mass is 32.2. The molecule has 2 rings (SSSR count). The summed E-state index contributed by atoms with van der Waals surface area (Å²) in [7, 11) is -3.53. The van der Waals surface area contributed by atoms with Crippen LogP contribution in [0.2, 0.25) is 0 Å². The van der Waals surface area contributed by atoms with E-state index in [9.17, 15) is 8.42 Å². The first kappa shape index (κ1) is 16.8. The van der Waals surface area contributed by atoms with Gasteiger partial charge in [0.15, 0.2) is 0 Å². The van der Waals surface area contributed by atoms with Crippen molar-refractivity contribution in [1.29, 1.82) is 0 Å². The lowest BCUT2D eigenvalue weighted by Crippen LogP contribution is -2.44. The van der Waals surface area contributed by atoms with E-state index < -0.39 is 10.0 Å². The van der Waals surface area contributed by atoms with Crippen LogP contribution < -0.4 is 0 Å². The van der Waals surface area contributed by atoms with E-state index in [-0.39, 0.29) is 0 Å². The summed E-state index contributed by atoms with van der Waals surface area (Å²) in [5, 5.41) is 0. The number of sulfonamides is 1. The molecule has 0 aliphatic carbocycles. The van der Waals surface area contributed by atoms with Crippen LogP contribution in [0.1, 0.15) is 39.2 Å². The maximum absolute atomic E-state index is 12.9. The zero-order chi connectivity index (χ0) is 16.3. The van der Waals surface area contributed by atoms with Gasteiger partial charge in [0, 0.05) is 13.1 Å². The summed E-state index contributed by atoms with van der Waals surface area (Å²) in [5.74, 6) is 0.953. The van der Waals surface area contributed by atoms with Crippen LogP contribution in [0.4, 0.5) is 0 Å². The molecular weight excluding hydrogens is 298 g/mol. The molecule has 0 aromatic heterocycles. The second-order valence-corrected chi connectivity index (χ2v) is 7.52. The van der Waals surface area contributed by atoms with Gasteiger partial charge in [-0.05, 0) is 37.5 Å². The van der Waals surface area contributed by atoms with Crippen LogP contribution in [0, 0.1) is 0 Å². The number of benzene rings is 1. The van der Waals surface area contributed by atoms with Crippen LogP contribution in [-0.4, -0.2) is 49.8 Å². The summed E-state index contributed by atoms with van der Waals surface area (Å²) in [5.41, 5.74) is 1.14.